The van der Waals surface area contributed by atoms with Crippen molar-refractivity contribution in [3.05, 3.63) is 34.9 Å². The highest BCUT2D eigenvalue weighted by molar-refractivity contribution is 5.45. The van der Waals surface area contributed by atoms with Gasteiger partial charge in [0.05, 0.1) is 11.6 Å². The van der Waals surface area contributed by atoms with Crippen molar-refractivity contribution in [1.82, 2.24) is 0 Å². The zero-order valence-corrected chi connectivity index (χ0v) is 7.33. The average molecular weight is 171 g/mol. The molecule has 0 unspecified atom stereocenters. The number of rotatable bonds is 0. The van der Waals surface area contributed by atoms with Crippen molar-refractivity contribution in [2.24, 2.45) is 0 Å². The van der Waals surface area contributed by atoms with E-state index in [1.54, 1.807) is 12.1 Å². The summed E-state index contributed by atoms with van der Waals surface area (Å²) < 4.78 is 0. The van der Waals surface area contributed by atoms with Gasteiger partial charge in [0.25, 0.3) is 0 Å². The largest absolute Gasteiger partial charge is 0.384 e. The summed E-state index contributed by atoms with van der Waals surface area (Å²) in [4.78, 5) is 0. The first-order valence-corrected chi connectivity index (χ1v) is 3.88. The molecule has 1 aromatic carbocycles. The van der Waals surface area contributed by atoms with Crippen LogP contribution < -0.4 is 0 Å². The van der Waals surface area contributed by atoms with Crippen molar-refractivity contribution in [3.63, 3.8) is 0 Å². The average Bonchev–Trinajstić information content (AvgIpc) is 2.15. The van der Waals surface area contributed by atoms with Crippen LogP contribution in [0.15, 0.2) is 18.2 Å². The molecule has 0 amide bonds. The highest BCUT2D eigenvalue weighted by Crippen LogP contribution is 2.08. The standard InChI is InChI=1S/C11H9NO/c1-9-7-10(3-2-6-13)4-5-11(9)8-12/h4-5,7,13H,6H2,1H3. The van der Waals surface area contributed by atoms with Crippen LogP contribution in [0.25, 0.3) is 0 Å². The van der Waals surface area contributed by atoms with Crippen LogP contribution in [0.3, 0.4) is 0 Å². The normalized spacial score (nSPS) is 8.38. The summed E-state index contributed by atoms with van der Waals surface area (Å²) in [6, 6.07) is 7.42. The van der Waals surface area contributed by atoms with Crippen molar-refractivity contribution in [3.8, 4) is 17.9 Å². The topological polar surface area (TPSA) is 44.0 Å². The minimum atomic E-state index is -0.140. The summed E-state index contributed by atoms with van der Waals surface area (Å²) in [5.74, 6) is 5.33. The molecule has 0 spiro atoms. The Kier molecular flexibility index (Phi) is 3.09. The molecular weight excluding hydrogens is 162 g/mol. The first-order valence-electron chi connectivity index (χ1n) is 3.88. The van der Waals surface area contributed by atoms with Crippen LogP contribution in [0.1, 0.15) is 16.7 Å². The number of aliphatic hydroxyl groups is 1. The van der Waals surface area contributed by atoms with Gasteiger partial charge in [-0.1, -0.05) is 11.8 Å². The molecule has 0 aliphatic carbocycles. The second-order valence-corrected chi connectivity index (χ2v) is 2.60. The van der Waals surface area contributed by atoms with Gasteiger partial charge in [-0.05, 0) is 30.7 Å². The number of hydrogen-bond acceptors (Lipinski definition) is 2. The van der Waals surface area contributed by atoms with Crippen molar-refractivity contribution >= 4 is 0 Å². The number of aryl methyl sites for hydroxylation is 1. The third-order valence-corrected chi connectivity index (χ3v) is 1.66. The Balaban J connectivity index is 3.04. The van der Waals surface area contributed by atoms with Gasteiger partial charge in [0, 0.05) is 5.56 Å². The molecule has 2 heteroatoms. The lowest BCUT2D eigenvalue weighted by atomic mass is 10.1. The maximum atomic E-state index is 8.66. The predicted octanol–water partition coefficient (Wildman–Crippen LogP) is 1.21. The van der Waals surface area contributed by atoms with Crippen LogP contribution in [0.5, 0.6) is 0 Å². The molecule has 0 aliphatic heterocycles. The zero-order chi connectivity index (χ0) is 9.68. The SMILES string of the molecule is Cc1cc(C#CCO)ccc1C#N. The molecular formula is C11H9NO. The van der Waals surface area contributed by atoms with Gasteiger partial charge in [-0.2, -0.15) is 5.26 Å². The van der Waals surface area contributed by atoms with Crippen molar-refractivity contribution in [2.45, 2.75) is 6.92 Å². The molecule has 2 nitrogen and oxygen atoms in total. The number of nitrogens with zero attached hydrogens (tertiary/aromatic N) is 1. The van der Waals surface area contributed by atoms with Gasteiger partial charge in [-0.15, -0.1) is 0 Å². The van der Waals surface area contributed by atoms with E-state index in [4.69, 9.17) is 10.4 Å². The summed E-state index contributed by atoms with van der Waals surface area (Å²) in [5, 5.41) is 17.1. The van der Waals surface area contributed by atoms with E-state index in [1.807, 2.05) is 13.0 Å². The summed E-state index contributed by atoms with van der Waals surface area (Å²) in [6.07, 6.45) is 0. The van der Waals surface area contributed by atoms with Gasteiger partial charge in [0.1, 0.15) is 6.61 Å². The molecule has 13 heavy (non-hydrogen) atoms. The van der Waals surface area contributed by atoms with Crippen LogP contribution in [-0.2, 0) is 0 Å². The quantitative estimate of drug-likeness (QED) is 0.596. The van der Waals surface area contributed by atoms with E-state index in [0.29, 0.717) is 5.56 Å². The maximum Gasteiger partial charge on any atom is 0.104 e. The van der Waals surface area contributed by atoms with Crippen LogP contribution in [0.4, 0.5) is 0 Å². The molecule has 64 valence electrons. The van der Waals surface area contributed by atoms with E-state index in [1.165, 1.54) is 0 Å². The Morgan fingerprint density at radius 1 is 1.46 bits per heavy atom. The summed E-state index contributed by atoms with van der Waals surface area (Å²) in [7, 11) is 0. The zero-order valence-electron chi connectivity index (χ0n) is 7.33. The predicted molar refractivity (Wildman–Crippen MR) is 49.9 cm³/mol. The summed E-state index contributed by atoms with van der Waals surface area (Å²) >= 11 is 0. The first kappa shape index (κ1) is 9.32. The fourth-order valence-corrected chi connectivity index (χ4v) is 1.01. The Morgan fingerprint density at radius 2 is 2.23 bits per heavy atom. The first-order chi connectivity index (χ1) is 6.27. The van der Waals surface area contributed by atoms with E-state index in [9.17, 15) is 0 Å². The van der Waals surface area contributed by atoms with Crippen LogP contribution in [-0.4, -0.2) is 11.7 Å². The smallest absolute Gasteiger partial charge is 0.104 e. The lowest BCUT2D eigenvalue weighted by Gasteiger charge is -1.96. The molecule has 0 bridgehead atoms. The molecule has 0 radical (unpaired) electrons. The number of hydrogen-bond donors (Lipinski definition) is 1. The Morgan fingerprint density at radius 3 is 2.77 bits per heavy atom. The second kappa shape index (κ2) is 4.30. The van der Waals surface area contributed by atoms with Gasteiger partial charge < -0.3 is 5.11 Å². The molecule has 1 aromatic rings. The summed E-state index contributed by atoms with van der Waals surface area (Å²) in [5.41, 5.74) is 2.40. The molecule has 0 fully saturated rings. The molecule has 0 saturated carbocycles. The minimum absolute atomic E-state index is 0.140. The van der Waals surface area contributed by atoms with Crippen LogP contribution in [0.2, 0.25) is 0 Å². The lowest BCUT2D eigenvalue weighted by molar-refractivity contribution is 0.350. The van der Waals surface area contributed by atoms with E-state index in [0.717, 1.165) is 11.1 Å². The van der Waals surface area contributed by atoms with Gasteiger partial charge in [-0.25, -0.2) is 0 Å². The van der Waals surface area contributed by atoms with E-state index in [-0.39, 0.29) is 6.61 Å². The molecule has 1 rings (SSSR count). The summed E-state index contributed by atoms with van der Waals surface area (Å²) in [6.45, 7) is 1.72. The van der Waals surface area contributed by atoms with Gasteiger partial charge in [0.2, 0.25) is 0 Å². The van der Waals surface area contributed by atoms with Crippen molar-refractivity contribution in [1.29, 1.82) is 5.26 Å². The highest BCUT2D eigenvalue weighted by Gasteiger charge is 1.95. The van der Waals surface area contributed by atoms with Crippen LogP contribution >= 0.6 is 0 Å². The second-order valence-electron chi connectivity index (χ2n) is 2.60. The van der Waals surface area contributed by atoms with Crippen molar-refractivity contribution in [2.75, 3.05) is 6.61 Å². The molecule has 0 heterocycles. The third-order valence-electron chi connectivity index (χ3n) is 1.66. The van der Waals surface area contributed by atoms with Gasteiger partial charge >= 0.3 is 0 Å². The Bertz CT molecular complexity index is 404. The highest BCUT2D eigenvalue weighted by atomic mass is 16.2. The number of nitriles is 1. The van der Waals surface area contributed by atoms with E-state index < -0.39 is 0 Å². The van der Waals surface area contributed by atoms with E-state index >= 15 is 0 Å². The molecule has 0 aliphatic rings. The monoisotopic (exact) mass is 171 g/mol. The molecule has 0 aromatic heterocycles. The number of benzene rings is 1. The Hall–Kier alpha value is -1.77. The fraction of sp³-hybridized carbons (Fsp3) is 0.182. The van der Waals surface area contributed by atoms with Crippen molar-refractivity contribution < 1.29 is 5.11 Å². The molecule has 0 saturated heterocycles. The van der Waals surface area contributed by atoms with Gasteiger partial charge in [0.15, 0.2) is 0 Å². The third kappa shape index (κ3) is 2.33. The van der Waals surface area contributed by atoms with E-state index in [2.05, 4.69) is 17.9 Å². The fourth-order valence-electron chi connectivity index (χ4n) is 1.01. The minimum Gasteiger partial charge on any atom is -0.384 e. The molecule has 1 N–H and O–H groups in total. The lowest BCUT2D eigenvalue weighted by Crippen LogP contribution is -1.84. The Labute approximate surface area is 77.4 Å². The van der Waals surface area contributed by atoms with Gasteiger partial charge in [-0.3, -0.25) is 0 Å². The van der Waals surface area contributed by atoms with Crippen LogP contribution in [0, 0.1) is 30.1 Å². The number of aliphatic hydroxyl groups excluding tert-OH is 1. The maximum absolute atomic E-state index is 8.66. The molecule has 0 atom stereocenters.